The van der Waals surface area contributed by atoms with Gasteiger partial charge in [0.05, 0.1) is 46.1 Å². The van der Waals surface area contributed by atoms with E-state index < -0.39 is 12.0 Å². The summed E-state index contributed by atoms with van der Waals surface area (Å²) >= 11 is 0. The van der Waals surface area contributed by atoms with Crippen molar-refractivity contribution in [3.05, 3.63) is 71.8 Å². The minimum atomic E-state index is -0.570. The molecule has 0 bridgehead atoms. The lowest BCUT2D eigenvalue weighted by molar-refractivity contribution is -0.125. The summed E-state index contributed by atoms with van der Waals surface area (Å²) in [6, 6.07) is 18.2. The Bertz CT molecular complexity index is 1250. The Morgan fingerprint density at radius 3 is 2.05 bits per heavy atom. The van der Waals surface area contributed by atoms with Gasteiger partial charge in [-0.25, -0.2) is 0 Å². The number of piperidine rings is 1. The molecule has 2 amide bonds. The molecule has 1 aliphatic rings. The number of carbonyl (C=O) groups is 2. The first kappa shape index (κ1) is 26.9. The third-order valence-corrected chi connectivity index (χ3v) is 6.95. The van der Waals surface area contributed by atoms with Crippen molar-refractivity contribution < 1.29 is 28.5 Å². The number of benzene rings is 3. The molecule has 8 nitrogen and oxygen atoms in total. The molecule has 200 valence electrons. The molecule has 0 saturated carbocycles. The summed E-state index contributed by atoms with van der Waals surface area (Å²) < 4.78 is 21.9. The number of ether oxygens (including phenoxy) is 4. The van der Waals surface area contributed by atoms with Gasteiger partial charge in [0.2, 0.25) is 17.6 Å². The average Bonchev–Trinajstić information content (AvgIpc) is 2.96. The number of nitrogens with zero attached hydrogens (tertiary/aromatic N) is 1. The number of aryl methyl sites for hydroxylation is 1. The largest absolute Gasteiger partial charge is 0.497 e. The lowest BCUT2D eigenvalue weighted by Crippen LogP contribution is -2.47. The molecule has 4 rings (SSSR count). The Labute approximate surface area is 223 Å². The average molecular weight is 519 g/mol. The molecule has 1 aliphatic heterocycles. The molecule has 1 heterocycles. The highest BCUT2D eigenvalue weighted by Gasteiger charge is 2.42. The highest BCUT2D eigenvalue weighted by atomic mass is 16.5. The second kappa shape index (κ2) is 11.9. The lowest BCUT2D eigenvalue weighted by Gasteiger charge is -2.41. The molecule has 1 fully saturated rings. The highest BCUT2D eigenvalue weighted by molar-refractivity contribution is 6.00. The molecule has 0 radical (unpaired) electrons. The van der Waals surface area contributed by atoms with Crippen molar-refractivity contribution in [2.75, 3.05) is 38.7 Å². The van der Waals surface area contributed by atoms with Gasteiger partial charge < -0.3 is 29.2 Å². The van der Waals surface area contributed by atoms with Crippen LogP contribution in [0, 0.1) is 5.92 Å². The second-order valence-corrected chi connectivity index (χ2v) is 9.05. The molecule has 3 aromatic carbocycles. The zero-order valence-electron chi connectivity index (χ0n) is 22.4. The Morgan fingerprint density at radius 2 is 1.53 bits per heavy atom. The molecule has 1 N–H and O–H groups in total. The molecular weight excluding hydrogens is 484 g/mol. The van der Waals surface area contributed by atoms with E-state index in [4.69, 9.17) is 18.9 Å². The molecule has 0 unspecified atom stereocenters. The number of anilines is 2. The molecular formula is C30H34N2O6. The molecule has 8 heteroatoms. The van der Waals surface area contributed by atoms with Crippen molar-refractivity contribution in [3.8, 4) is 23.0 Å². The summed E-state index contributed by atoms with van der Waals surface area (Å²) in [6.07, 6.45) is 1.55. The molecule has 0 aromatic heterocycles. The molecule has 38 heavy (non-hydrogen) atoms. The first-order valence-electron chi connectivity index (χ1n) is 12.6. The van der Waals surface area contributed by atoms with Gasteiger partial charge in [-0.2, -0.15) is 0 Å². The number of amides is 2. The van der Waals surface area contributed by atoms with E-state index in [1.54, 1.807) is 24.1 Å². The first-order chi connectivity index (χ1) is 18.4. The predicted molar refractivity (Wildman–Crippen MR) is 146 cm³/mol. The molecule has 0 spiro atoms. The number of nitrogens with one attached hydrogen (secondary N) is 1. The minimum Gasteiger partial charge on any atom is -0.497 e. The van der Waals surface area contributed by atoms with E-state index in [-0.39, 0.29) is 18.2 Å². The van der Waals surface area contributed by atoms with Crippen molar-refractivity contribution in [1.29, 1.82) is 0 Å². The quantitative estimate of drug-likeness (QED) is 0.408. The summed E-state index contributed by atoms with van der Waals surface area (Å²) in [4.78, 5) is 28.9. The number of carbonyl (C=O) groups excluding carboxylic acids is 2. The van der Waals surface area contributed by atoms with Crippen molar-refractivity contribution >= 4 is 23.2 Å². The zero-order valence-corrected chi connectivity index (χ0v) is 22.4. The van der Waals surface area contributed by atoms with Crippen LogP contribution >= 0.6 is 0 Å². The molecule has 1 saturated heterocycles. The molecule has 0 aliphatic carbocycles. The monoisotopic (exact) mass is 518 g/mol. The minimum absolute atomic E-state index is 0.101. The number of methoxy groups -OCH3 is 4. The van der Waals surface area contributed by atoms with Gasteiger partial charge in [0.1, 0.15) is 5.75 Å². The van der Waals surface area contributed by atoms with Crippen LogP contribution in [0.15, 0.2) is 60.7 Å². The maximum atomic E-state index is 13.7. The topological polar surface area (TPSA) is 86.3 Å². The molecule has 2 atom stereocenters. The van der Waals surface area contributed by atoms with E-state index in [9.17, 15) is 9.59 Å². The Balaban J connectivity index is 1.79. The fourth-order valence-electron chi connectivity index (χ4n) is 4.92. The fourth-order valence-corrected chi connectivity index (χ4v) is 4.92. The third-order valence-electron chi connectivity index (χ3n) is 6.95. The van der Waals surface area contributed by atoms with E-state index in [0.29, 0.717) is 35.1 Å². The van der Waals surface area contributed by atoms with Crippen LogP contribution in [0.2, 0.25) is 0 Å². The predicted octanol–water partition coefficient (Wildman–Crippen LogP) is 5.41. The first-order valence-corrected chi connectivity index (χ1v) is 12.6. The summed E-state index contributed by atoms with van der Waals surface area (Å²) in [5, 5.41) is 3.06. The van der Waals surface area contributed by atoms with Gasteiger partial charge >= 0.3 is 0 Å². The van der Waals surface area contributed by atoms with Gasteiger partial charge in [0.15, 0.2) is 11.5 Å². The van der Waals surface area contributed by atoms with E-state index in [2.05, 4.69) is 12.2 Å². The summed E-state index contributed by atoms with van der Waals surface area (Å²) in [6.45, 7) is 2.09. The third kappa shape index (κ3) is 5.39. The second-order valence-electron chi connectivity index (χ2n) is 9.05. The van der Waals surface area contributed by atoms with Crippen molar-refractivity contribution in [2.24, 2.45) is 5.92 Å². The molecule has 3 aromatic rings. The van der Waals surface area contributed by atoms with Gasteiger partial charge in [-0.05, 0) is 48.2 Å². The van der Waals surface area contributed by atoms with Gasteiger partial charge in [-0.3, -0.25) is 9.59 Å². The van der Waals surface area contributed by atoms with E-state index in [1.165, 1.54) is 26.9 Å². The van der Waals surface area contributed by atoms with Crippen LogP contribution in [-0.4, -0.2) is 40.3 Å². The van der Waals surface area contributed by atoms with Gasteiger partial charge in [0.25, 0.3) is 0 Å². The summed E-state index contributed by atoms with van der Waals surface area (Å²) in [5.74, 6) is 1.19. The smallest absolute Gasteiger partial charge is 0.229 e. The van der Waals surface area contributed by atoms with E-state index in [0.717, 1.165) is 17.7 Å². The van der Waals surface area contributed by atoms with E-state index in [1.807, 2.05) is 48.5 Å². The normalized spacial score (nSPS) is 17.1. The Kier molecular flexibility index (Phi) is 8.41. The SMILES string of the molecule is CCc1ccc(NC(=O)[C@@H]2CCC(=O)N(c3cc(OC)c(OC)c(OC)c3)[C@H]2c2ccc(OC)cc2)cc1. The van der Waals surface area contributed by atoms with Crippen LogP contribution in [0.25, 0.3) is 0 Å². The summed E-state index contributed by atoms with van der Waals surface area (Å²) in [7, 11) is 6.18. The van der Waals surface area contributed by atoms with Gasteiger partial charge in [-0.15, -0.1) is 0 Å². The number of hydrogen-bond donors (Lipinski definition) is 1. The van der Waals surface area contributed by atoms with Crippen LogP contribution in [0.5, 0.6) is 23.0 Å². The standard InChI is InChI=1S/C30H34N2O6/c1-6-19-7-11-21(12-8-19)31-30(34)24-15-16-27(33)32(28(24)20-9-13-23(35-2)14-10-20)22-17-25(36-3)29(38-5)26(18-22)37-4/h7-14,17-18,24,28H,6,15-16H2,1-5H3,(H,31,34)/t24-,28+/m1/s1. The van der Waals surface area contributed by atoms with Crippen LogP contribution in [0.3, 0.4) is 0 Å². The van der Waals surface area contributed by atoms with Crippen molar-refractivity contribution in [1.82, 2.24) is 0 Å². The van der Waals surface area contributed by atoms with Crippen LogP contribution < -0.4 is 29.2 Å². The zero-order chi connectivity index (χ0) is 27.2. The fraction of sp³-hybridized carbons (Fsp3) is 0.333. The van der Waals surface area contributed by atoms with Crippen LogP contribution in [-0.2, 0) is 16.0 Å². The Morgan fingerprint density at radius 1 is 0.895 bits per heavy atom. The van der Waals surface area contributed by atoms with Gasteiger partial charge in [-0.1, -0.05) is 31.2 Å². The van der Waals surface area contributed by atoms with E-state index >= 15 is 0 Å². The number of rotatable bonds is 9. The van der Waals surface area contributed by atoms with Crippen molar-refractivity contribution in [2.45, 2.75) is 32.2 Å². The maximum absolute atomic E-state index is 13.7. The van der Waals surface area contributed by atoms with Crippen LogP contribution in [0.1, 0.15) is 36.9 Å². The maximum Gasteiger partial charge on any atom is 0.229 e. The highest BCUT2D eigenvalue weighted by Crippen LogP contribution is 2.46. The van der Waals surface area contributed by atoms with Crippen molar-refractivity contribution in [3.63, 3.8) is 0 Å². The van der Waals surface area contributed by atoms with Crippen LogP contribution in [0.4, 0.5) is 11.4 Å². The lowest BCUT2D eigenvalue weighted by atomic mass is 9.83. The Hall–Kier alpha value is -4.20. The van der Waals surface area contributed by atoms with Gasteiger partial charge in [0, 0.05) is 24.2 Å². The summed E-state index contributed by atoms with van der Waals surface area (Å²) in [5.41, 5.74) is 3.28. The number of hydrogen-bond acceptors (Lipinski definition) is 6.